The van der Waals surface area contributed by atoms with Gasteiger partial charge in [-0.25, -0.2) is 9.78 Å². The standard InChI is InChI=1S/C16H19N3O4/c20-13(7-11-8-18-15-12(11)4-1-5-17-15)19-14(16(21)22)10-3-2-6-23-9-10/h1,4-5,8,10,14H,2-3,6-7,9H2,(H,17,18)(H,19,20)(H,21,22). The monoisotopic (exact) mass is 317 g/mol. The van der Waals surface area contributed by atoms with Gasteiger partial charge in [-0.3, -0.25) is 4.79 Å². The number of ether oxygens (including phenoxy) is 1. The van der Waals surface area contributed by atoms with Crippen molar-refractivity contribution in [1.82, 2.24) is 15.3 Å². The first-order valence-electron chi connectivity index (χ1n) is 7.66. The van der Waals surface area contributed by atoms with Gasteiger partial charge < -0.3 is 20.1 Å². The first-order valence-corrected chi connectivity index (χ1v) is 7.66. The molecule has 7 heteroatoms. The summed E-state index contributed by atoms with van der Waals surface area (Å²) in [5, 5.41) is 12.9. The summed E-state index contributed by atoms with van der Waals surface area (Å²) in [6.45, 7) is 1.02. The molecule has 3 heterocycles. The second-order valence-corrected chi connectivity index (χ2v) is 5.75. The number of carboxylic acid groups (broad SMARTS) is 1. The summed E-state index contributed by atoms with van der Waals surface area (Å²) in [7, 11) is 0. The summed E-state index contributed by atoms with van der Waals surface area (Å²) < 4.78 is 5.33. The van der Waals surface area contributed by atoms with E-state index < -0.39 is 12.0 Å². The third-order valence-electron chi connectivity index (χ3n) is 4.14. The van der Waals surface area contributed by atoms with Gasteiger partial charge in [-0.2, -0.15) is 0 Å². The normalized spacial score (nSPS) is 19.4. The number of pyridine rings is 1. The van der Waals surface area contributed by atoms with E-state index in [0.717, 1.165) is 23.8 Å². The van der Waals surface area contributed by atoms with Crippen molar-refractivity contribution in [3.8, 4) is 0 Å². The number of hydrogen-bond donors (Lipinski definition) is 3. The molecule has 23 heavy (non-hydrogen) atoms. The second kappa shape index (κ2) is 6.78. The van der Waals surface area contributed by atoms with Gasteiger partial charge in [0.15, 0.2) is 0 Å². The van der Waals surface area contributed by atoms with E-state index >= 15 is 0 Å². The number of carbonyl (C=O) groups is 2. The van der Waals surface area contributed by atoms with E-state index in [2.05, 4.69) is 15.3 Å². The van der Waals surface area contributed by atoms with Gasteiger partial charge in [0.1, 0.15) is 11.7 Å². The molecule has 0 aliphatic carbocycles. The summed E-state index contributed by atoms with van der Waals surface area (Å²) in [6.07, 6.45) is 5.08. The van der Waals surface area contributed by atoms with Gasteiger partial charge in [0.05, 0.1) is 13.0 Å². The topological polar surface area (TPSA) is 104 Å². The fraction of sp³-hybridized carbons (Fsp3) is 0.438. The highest BCUT2D eigenvalue weighted by molar-refractivity contribution is 5.89. The van der Waals surface area contributed by atoms with Crippen molar-refractivity contribution in [2.45, 2.75) is 25.3 Å². The summed E-state index contributed by atoms with van der Waals surface area (Å²) in [5.41, 5.74) is 1.51. The average Bonchev–Trinajstić information content (AvgIpc) is 2.96. The van der Waals surface area contributed by atoms with Crippen molar-refractivity contribution >= 4 is 22.9 Å². The molecule has 7 nitrogen and oxygen atoms in total. The van der Waals surface area contributed by atoms with Gasteiger partial charge in [-0.1, -0.05) is 0 Å². The molecule has 3 N–H and O–H groups in total. The predicted octanol–water partition coefficient (Wildman–Crippen LogP) is 1.10. The fourth-order valence-electron chi connectivity index (χ4n) is 2.97. The van der Waals surface area contributed by atoms with Crippen LogP contribution < -0.4 is 5.32 Å². The van der Waals surface area contributed by atoms with Crippen LogP contribution in [0.2, 0.25) is 0 Å². The number of aromatic nitrogens is 2. The van der Waals surface area contributed by atoms with Gasteiger partial charge >= 0.3 is 5.97 Å². The first kappa shape index (κ1) is 15.5. The molecule has 0 aromatic carbocycles. The van der Waals surface area contributed by atoms with Crippen LogP contribution >= 0.6 is 0 Å². The molecule has 1 saturated heterocycles. The van der Waals surface area contributed by atoms with Crippen LogP contribution in [0, 0.1) is 5.92 Å². The molecule has 1 fully saturated rings. The third-order valence-corrected chi connectivity index (χ3v) is 4.14. The number of nitrogens with zero attached hydrogens (tertiary/aromatic N) is 1. The van der Waals surface area contributed by atoms with E-state index in [1.54, 1.807) is 18.5 Å². The molecule has 3 rings (SSSR count). The number of nitrogens with one attached hydrogen (secondary N) is 2. The number of carboxylic acids is 1. The van der Waals surface area contributed by atoms with Crippen molar-refractivity contribution in [3.63, 3.8) is 0 Å². The number of amides is 1. The second-order valence-electron chi connectivity index (χ2n) is 5.75. The largest absolute Gasteiger partial charge is 0.480 e. The maximum absolute atomic E-state index is 12.3. The molecular weight excluding hydrogens is 298 g/mol. The Hall–Kier alpha value is -2.41. The summed E-state index contributed by atoms with van der Waals surface area (Å²) in [6, 6.07) is 2.77. The quantitative estimate of drug-likeness (QED) is 0.766. The van der Waals surface area contributed by atoms with E-state index in [1.807, 2.05) is 6.07 Å². The smallest absolute Gasteiger partial charge is 0.326 e. The van der Waals surface area contributed by atoms with Gasteiger partial charge in [0.2, 0.25) is 5.91 Å². The minimum atomic E-state index is -1.02. The summed E-state index contributed by atoms with van der Waals surface area (Å²) in [5.74, 6) is -1.52. The van der Waals surface area contributed by atoms with Gasteiger partial charge in [0, 0.05) is 30.3 Å². The molecule has 2 aromatic heterocycles. The van der Waals surface area contributed by atoms with Crippen molar-refractivity contribution in [2.75, 3.05) is 13.2 Å². The Morgan fingerprint density at radius 2 is 2.39 bits per heavy atom. The average molecular weight is 317 g/mol. The van der Waals surface area contributed by atoms with E-state index in [0.29, 0.717) is 18.9 Å². The van der Waals surface area contributed by atoms with Crippen LogP contribution in [0.5, 0.6) is 0 Å². The molecule has 122 valence electrons. The highest BCUT2D eigenvalue weighted by Crippen LogP contribution is 2.19. The van der Waals surface area contributed by atoms with Crippen LogP contribution in [0.25, 0.3) is 11.0 Å². The molecule has 0 saturated carbocycles. The lowest BCUT2D eigenvalue weighted by atomic mass is 9.93. The number of fused-ring (bicyclic) bond motifs is 1. The first-order chi connectivity index (χ1) is 11.1. The van der Waals surface area contributed by atoms with Crippen LogP contribution in [-0.4, -0.2) is 46.2 Å². The molecule has 0 bridgehead atoms. The van der Waals surface area contributed by atoms with Crippen LogP contribution in [0.1, 0.15) is 18.4 Å². The minimum absolute atomic E-state index is 0.114. The number of aliphatic carboxylic acids is 1. The Morgan fingerprint density at radius 3 is 3.13 bits per heavy atom. The molecule has 2 aromatic rings. The lowest BCUT2D eigenvalue weighted by Gasteiger charge is -2.28. The Balaban J connectivity index is 1.68. The molecule has 2 atom stereocenters. The number of aromatic amines is 1. The van der Waals surface area contributed by atoms with Crippen LogP contribution in [-0.2, 0) is 20.7 Å². The van der Waals surface area contributed by atoms with Crippen molar-refractivity contribution in [1.29, 1.82) is 0 Å². The summed E-state index contributed by atoms with van der Waals surface area (Å²) >= 11 is 0. The highest BCUT2D eigenvalue weighted by Gasteiger charge is 2.31. The van der Waals surface area contributed by atoms with Crippen LogP contribution in [0.4, 0.5) is 0 Å². The molecule has 0 spiro atoms. The zero-order chi connectivity index (χ0) is 16.2. The lowest BCUT2D eigenvalue weighted by Crippen LogP contribution is -2.48. The van der Waals surface area contributed by atoms with Crippen molar-refractivity contribution in [3.05, 3.63) is 30.1 Å². The molecule has 1 aliphatic rings. The zero-order valence-electron chi connectivity index (χ0n) is 12.6. The fourth-order valence-corrected chi connectivity index (χ4v) is 2.97. The zero-order valence-corrected chi connectivity index (χ0v) is 12.6. The number of hydrogen-bond acceptors (Lipinski definition) is 4. The van der Waals surface area contributed by atoms with E-state index in [1.165, 1.54) is 0 Å². The maximum atomic E-state index is 12.3. The van der Waals surface area contributed by atoms with Crippen LogP contribution in [0.3, 0.4) is 0 Å². The lowest BCUT2D eigenvalue weighted by molar-refractivity contribution is -0.145. The Bertz CT molecular complexity index is 706. The van der Waals surface area contributed by atoms with Gasteiger partial charge in [0.25, 0.3) is 0 Å². The third kappa shape index (κ3) is 3.50. The molecule has 1 aliphatic heterocycles. The number of rotatable bonds is 5. The van der Waals surface area contributed by atoms with Gasteiger partial charge in [-0.05, 0) is 30.5 Å². The van der Waals surface area contributed by atoms with E-state index in [4.69, 9.17) is 4.74 Å². The maximum Gasteiger partial charge on any atom is 0.326 e. The molecular formula is C16H19N3O4. The number of carbonyl (C=O) groups excluding carboxylic acids is 1. The SMILES string of the molecule is O=C(Cc1c[nH]c2ncccc12)NC(C(=O)O)C1CCCOC1. The molecule has 1 amide bonds. The molecule has 2 unspecified atom stereocenters. The van der Waals surface area contributed by atoms with E-state index in [9.17, 15) is 14.7 Å². The van der Waals surface area contributed by atoms with Crippen molar-refractivity contribution < 1.29 is 19.4 Å². The minimum Gasteiger partial charge on any atom is -0.480 e. The summed E-state index contributed by atoms with van der Waals surface area (Å²) in [4.78, 5) is 30.9. The molecule has 0 radical (unpaired) electrons. The highest BCUT2D eigenvalue weighted by atomic mass is 16.5. The Morgan fingerprint density at radius 1 is 1.52 bits per heavy atom. The Labute approximate surface area is 133 Å². The van der Waals surface area contributed by atoms with Gasteiger partial charge in [-0.15, -0.1) is 0 Å². The van der Waals surface area contributed by atoms with Crippen molar-refractivity contribution in [2.24, 2.45) is 5.92 Å². The Kier molecular flexibility index (Phi) is 4.57. The van der Waals surface area contributed by atoms with E-state index in [-0.39, 0.29) is 18.2 Å². The predicted molar refractivity (Wildman–Crippen MR) is 82.9 cm³/mol. The van der Waals surface area contributed by atoms with Crippen LogP contribution in [0.15, 0.2) is 24.5 Å². The number of H-pyrrole nitrogens is 1.